The first-order valence-electron chi connectivity index (χ1n) is 8.57. The number of rotatable bonds is 5. The average Bonchev–Trinajstić information content (AvgIpc) is 3.24. The van der Waals surface area contributed by atoms with E-state index in [1.807, 2.05) is 30.4 Å². The zero-order chi connectivity index (χ0) is 18.6. The molecule has 0 spiro atoms. The lowest BCUT2D eigenvalue weighted by Gasteiger charge is -2.19. The molecular formula is C21H19NO5. The minimum Gasteiger partial charge on any atom is -0.493 e. The van der Waals surface area contributed by atoms with Crippen molar-refractivity contribution in [1.29, 1.82) is 0 Å². The zero-order valence-corrected chi connectivity index (χ0v) is 15.1. The molecule has 0 N–H and O–H groups in total. The fraction of sp³-hybridized carbons (Fsp3) is 0.190. The molecule has 0 saturated carbocycles. The third kappa shape index (κ3) is 3.33. The lowest BCUT2D eigenvalue weighted by molar-refractivity contribution is 0.285. The first-order valence-corrected chi connectivity index (χ1v) is 8.57. The standard InChI is InChI=1S/C21H19NO5/c1-23-17-9-8-15(10-18(17)24-2)21-16(11-22-27-21)20-13-25-12-19(26-20)14-6-4-3-5-7-14/h3-4,6,8-13H,5,7H2,1-2H3. The number of hydrogen-bond acceptors (Lipinski definition) is 6. The lowest BCUT2D eigenvalue weighted by atomic mass is 10.0. The second-order valence-electron chi connectivity index (χ2n) is 6.00. The average molecular weight is 365 g/mol. The van der Waals surface area contributed by atoms with E-state index in [1.165, 1.54) is 0 Å². The number of benzene rings is 1. The molecule has 1 aliphatic carbocycles. The molecule has 1 aromatic heterocycles. The SMILES string of the molecule is COc1ccc(-c2oncc2C2=COC=C(C3=CC=CCC3)O2)cc1OC. The van der Waals surface area contributed by atoms with Gasteiger partial charge in [-0.1, -0.05) is 23.4 Å². The molecule has 27 heavy (non-hydrogen) atoms. The van der Waals surface area contributed by atoms with Crippen LogP contribution in [0.2, 0.25) is 0 Å². The highest BCUT2D eigenvalue weighted by Crippen LogP contribution is 2.38. The van der Waals surface area contributed by atoms with E-state index in [0.29, 0.717) is 34.3 Å². The van der Waals surface area contributed by atoms with Crippen LogP contribution in [-0.4, -0.2) is 19.4 Å². The van der Waals surface area contributed by atoms with Gasteiger partial charge >= 0.3 is 0 Å². The summed E-state index contributed by atoms with van der Waals surface area (Å²) in [6.07, 6.45) is 12.8. The zero-order valence-electron chi connectivity index (χ0n) is 15.1. The maximum atomic E-state index is 6.07. The Morgan fingerprint density at radius 1 is 1.04 bits per heavy atom. The summed E-state index contributed by atoms with van der Waals surface area (Å²) in [7, 11) is 3.19. The van der Waals surface area contributed by atoms with Gasteiger partial charge in [0, 0.05) is 5.56 Å². The summed E-state index contributed by atoms with van der Waals surface area (Å²) < 4.78 is 27.7. The fourth-order valence-electron chi connectivity index (χ4n) is 2.99. The Morgan fingerprint density at radius 2 is 1.89 bits per heavy atom. The third-order valence-electron chi connectivity index (χ3n) is 4.38. The van der Waals surface area contributed by atoms with Gasteiger partial charge < -0.3 is 23.5 Å². The van der Waals surface area contributed by atoms with Crippen molar-refractivity contribution >= 4 is 5.76 Å². The summed E-state index contributed by atoms with van der Waals surface area (Å²) in [4.78, 5) is 0. The molecular weight excluding hydrogens is 346 g/mol. The molecule has 0 atom stereocenters. The van der Waals surface area contributed by atoms with Crippen molar-refractivity contribution in [3.8, 4) is 22.8 Å². The van der Waals surface area contributed by atoms with E-state index >= 15 is 0 Å². The Labute approximate surface area is 157 Å². The van der Waals surface area contributed by atoms with Crippen molar-refractivity contribution in [2.45, 2.75) is 12.8 Å². The van der Waals surface area contributed by atoms with E-state index in [1.54, 1.807) is 32.9 Å². The molecule has 0 saturated heterocycles. The number of nitrogens with zero attached hydrogens (tertiary/aromatic N) is 1. The van der Waals surface area contributed by atoms with Crippen LogP contribution in [0.5, 0.6) is 11.5 Å². The maximum Gasteiger partial charge on any atom is 0.178 e. The van der Waals surface area contributed by atoms with E-state index in [2.05, 4.69) is 11.2 Å². The van der Waals surface area contributed by atoms with Crippen LogP contribution in [-0.2, 0) is 9.47 Å². The lowest BCUT2D eigenvalue weighted by Crippen LogP contribution is -2.03. The molecule has 0 bridgehead atoms. The maximum absolute atomic E-state index is 6.07. The van der Waals surface area contributed by atoms with Gasteiger partial charge in [0.2, 0.25) is 0 Å². The summed E-state index contributed by atoms with van der Waals surface area (Å²) >= 11 is 0. The van der Waals surface area contributed by atoms with Gasteiger partial charge in [-0.25, -0.2) is 0 Å². The number of aromatic nitrogens is 1. The van der Waals surface area contributed by atoms with E-state index in [-0.39, 0.29) is 0 Å². The Hall–Kier alpha value is -3.41. The van der Waals surface area contributed by atoms with Gasteiger partial charge in [0.05, 0.1) is 26.0 Å². The Kier molecular flexibility index (Phi) is 4.70. The number of allylic oxidation sites excluding steroid dienone is 4. The van der Waals surface area contributed by atoms with Gasteiger partial charge in [0.1, 0.15) is 12.5 Å². The van der Waals surface area contributed by atoms with Gasteiger partial charge in [0.15, 0.2) is 28.8 Å². The quantitative estimate of drug-likeness (QED) is 0.757. The number of ether oxygens (including phenoxy) is 4. The van der Waals surface area contributed by atoms with Crippen molar-refractivity contribution in [2.24, 2.45) is 0 Å². The molecule has 4 rings (SSSR count). The number of methoxy groups -OCH3 is 2. The molecule has 2 aliphatic rings. The minimum atomic E-state index is 0.536. The molecule has 1 aromatic carbocycles. The van der Waals surface area contributed by atoms with Crippen LogP contribution in [0.4, 0.5) is 0 Å². The van der Waals surface area contributed by atoms with Crippen LogP contribution in [0, 0.1) is 0 Å². The highest BCUT2D eigenvalue weighted by atomic mass is 16.5. The van der Waals surface area contributed by atoms with Crippen molar-refractivity contribution in [3.63, 3.8) is 0 Å². The number of hydrogen-bond donors (Lipinski definition) is 0. The molecule has 138 valence electrons. The minimum absolute atomic E-state index is 0.536. The van der Waals surface area contributed by atoms with Crippen molar-refractivity contribution in [2.75, 3.05) is 14.2 Å². The molecule has 0 radical (unpaired) electrons. The Bertz CT molecular complexity index is 965. The monoisotopic (exact) mass is 365 g/mol. The Morgan fingerprint density at radius 3 is 2.67 bits per heavy atom. The molecule has 2 heterocycles. The second kappa shape index (κ2) is 7.45. The summed E-state index contributed by atoms with van der Waals surface area (Å²) in [6.45, 7) is 0. The molecule has 0 fully saturated rings. The van der Waals surface area contributed by atoms with Gasteiger partial charge in [-0.05, 0) is 36.6 Å². The largest absolute Gasteiger partial charge is 0.493 e. The fourth-order valence-corrected chi connectivity index (χ4v) is 2.99. The molecule has 0 unspecified atom stereocenters. The summed E-state index contributed by atoms with van der Waals surface area (Å²) in [6, 6.07) is 5.52. The van der Waals surface area contributed by atoms with Crippen LogP contribution in [0.1, 0.15) is 18.4 Å². The van der Waals surface area contributed by atoms with Crippen molar-refractivity contribution in [1.82, 2.24) is 5.16 Å². The highest BCUT2D eigenvalue weighted by molar-refractivity contribution is 5.76. The van der Waals surface area contributed by atoms with E-state index in [0.717, 1.165) is 24.0 Å². The predicted octanol–water partition coefficient (Wildman–Crippen LogP) is 4.82. The third-order valence-corrected chi connectivity index (χ3v) is 4.38. The van der Waals surface area contributed by atoms with E-state index in [4.69, 9.17) is 23.5 Å². The Balaban J connectivity index is 1.64. The van der Waals surface area contributed by atoms with Gasteiger partial charge in [-0.3, -0.25) is 0 Å². The molecule has 0 amide bonds. The van der Waals surface area contributed by atoms with Crippen LogP contribution in [0.25, 0.3) is 17.1 Å². The van der Waals surface area contributed by atoms with Crippen molar-refractivity contribution in [3.05, 3.63) is 72.0 Å². The van der Waals surface area contributed by atoms with Crippen LogP contribution in [0.15, 0.2) is 71.0 Å². The smallest absolute Gasteiger partial charge is 0.178 e. The van der Waals surface area contributed by atoms with Crippen LogP contribution >= 0.6 is 0 Å². The topological polar surface area (TPSA) is 63.0 Å². The molecule has 6 nitrogen and oxygen atoms in total. The van der Waals surface area contributed by atoms with E-state index in [9.17, 15) is 0 Å². The first kappa shape index (κ1) is 17.0. The molecule has 6 heteroatoms. The van der Waals surface area contributed by atoms with Crippen molar-refractivity contribution < 1.29 is 23.5 Å². The molecule has 2 aromatic rings. The predicted molar refractivity (Wildman–Crippen MR) is 99.7 cm³/mol. The van der Waals surface area contributed by atoms with Gasteiger partial charge in [-0.15, -0.1) is 0 Å². The highest BCUT2D eigenvalue weighted by Gasteiger charge is 2.22. The van der Waals surface area contributed by atoms with Crippen LogP contribution in [0.3, 0.4) is 0 Å². The van der Waals surface area contributed by atoms with E-state index < -0.39 is 0 Å². The van der Waals surface area contributed by atoms with Gasteiger partial charge in [0.25, 0.3) is 0 Å². The van der Waals surface area contributed by atoms with Gasteiger partial charge in [-0.2, -0.15) is 0 Å². The molecule has 1 aliphatic heterocycles. The summed E-state index contributed by atoms with van der Waals surface area (Å²) in [5.74, 6) is 3.03. The van der Waals surface area contributed by atoms with Crippen LogP contribution < -0.4 is 9.47 Å². The summed E-state index contributed by atoms with van der Waals surface area (Å²) in [5, 5.41) is 3.94. The summed E-state index contributed by atoms with van der Waals surface area (Å²) in [5.41, 5.74) is 2.58. The normalized spacial score (nSPS) is 15.9. The second-order valence-corrected chi connectivity index (χ2v) is 6.00. The first-order chi connectivity index (χ1) is 13.3.